The summed E-state index contributed by atoms with van der Waals surface area (Å²) in [4.78, 5) is 16.7. The third kappa shape index (κ3) is 5.31. The molecule has 0 radical (unpaired) electrons. The number of amidine groups is 2. The number of amides is 1. The summed E-state index contributed by atoms with van der Waals surface area (Å²) in [6.07, 6.45) is 3.34. The zero-order valence-electron chi connectivity index (χ0n) is 19.3. The van der Waals surface area contributed by atoms with Crippen LogP contribution in [0.15, 0.2) is 58.1 Å². The molecular weight excluding hydrogens is 452 g/mol. The number of nitrogens with one attached hydrogen (secondary N) is 1. The minimum atomic E-state index is -0.454. The Bertz CT molecular complexity index is 1210. The second-order valence-electron chi connectivity index (χ2n) is 7.69. The van der Waals surface area contributed by atoms with E-state index in [9.17, 15) is 4.79 Å². The highest BCUT2D eigenvalue weighted by Gasteiger charge is 2.35. The Morgan fingerprint density at radius 2 is 1.94 bits per heavy atom. The van der Waals surface area contributed by atoms with Gasteiger partial charge in [0.25, 0.3) is 5.91 Å². The predicted octanol–water partition coefficient (Wildman–Crippen LogP) is 4.88. The predicted molar refractivity (Wildman–Crippen MR) is 135 cm³/mol. The first-order valence-corrected chi connectivity index (χ1v) is 11.8. The Morgan fingerprint density at radius 3 is 2.71 bits per heavy atom. The van der Waals surface area contributed by atoms with Crippen molar-refractivity contribution in [1.29, 1.82) is 5.41 Å². The molecule has 0 fully saturated rings. The number of ether oxygens (including phenoxy) is 3. The topological polar surface area (TPSA) is 96.6 Å². The molecular formula is C25H26N4O4S. The summed E-state index contributed by atoms with van der Waals surface area (Å²) in [6, 6.07) is 13.2. The van der Waals surface area contributed by atoms with Crippen molar-refractivity contribution in [3.05, 3.63) is 59.2 Å². The van der Waals surface area contributed by atoms with Crippen LogP contribution < -0.4 is 14.2 Å². The lowest BCUT2D eigenvalue weighted by Gasteiger charge is -2.20. The van der Waals surface area contributed by atoms with E-state index < -0.39 is 5.91 Å². The van der Waals surface area contributed by atoms with Gasteiger partial charge in [-0.2, -0.15) is 15.1 Å². The number of carbonyl (C=O) groups excluding carboxylic acids is 1. The van der Waals surface area contributed by atoms with Gasteiger partial charge < -0.3 is 14.2 Å². The number of hydrazone groups is 1. The van der Waals surface area contributed by atoms with E-state index in [4.69, 9.17) is 19.6 Å². The van der Waals surface area contributed by atoms with E-state index in [2.05, 4.69) is 17.0 Å². The Balaban J connectivity index is 1.44. The van der Waals surface area contributed by atoms with E-state index in [0.29, 0.717) is 35.4 Å². The minimum absolute atomic E-state index is 0.0150. The number of aliphatic imine (C=N–C) groups is 1. The maximum atomic E-state index is 12.6. The fourth-order valence-corrected chi connectivity index (χ4v) is 4.41. The number of thioether (sulfide) groups is 1. The van der Waals surface area contributed by atoms with Crippen molar-refractivity contribution < 1.29 is 19.0 Å². The van der Waals surface area contributed by atoms with Crippen LogP contribution in [0.25, 0.3) is 6.08 Å². The van der Waals surface area contributed by atoms with Gasteiger partial charge in [0.15, 0.2) is 17.3 Å². The fourth-order valence-electron chi connectivity index (χ4n) is 3.42. The van der Waals surface area contributed by atoms with E-state index >= 15 is 0 Å². The number of hydrogen-bond acceptors (Lipinski definition) is 7. The van der Waals surface area contributed by atoms with Crippen molar-refractivity contribution in [3.63, 3.8) is 0 Å². The summed E-state index contributed by atoms with van der Waals surface area (Å²) in [5, 5.41) is 15.6. The highest BCUT2D eigenvalue weighted by molar-refractivity contribution is 8.26. The van der Waals surface area contributed by atoms with Crippen LogP contribution in [-0.2, 0) is 4.79 Å². The summed E-state index contributed by atoms with van der Waals surface area (Å²) < 4.78 is 17.0. The number of benzene rings is 2. The summed E-state index contributed by atoms with van der Waals surface area (Å²) in [6.45, 7) is 4.80. The van der Waals surface area contributed by atoms with Gasteiger partial charge >= 0.3 is 0 Å². The van der Waals surface area contributed by atoms with E-state index in [0.717, 1.165) is 29.2 Å². The van der Waals surface area contributed by atoms with Crippen LogP contribution in [0.4, 0.5) is 0 Å². The summed E-state index contributed by atoms with van der Waals surface area (Å²) in [5.74, 6) is 1.44. The van der Waals surface area contributed by atoms with Gasteiger partial charge in [0.2, 0.25) is 5.17 Å². The number of aryl methyl sites for hydroxylation is 1. The standard InChI is InChI=1S/C25H26N4O4S/c1-4-6-22-28-29-23(26)19(24(30)27-25(29)34-22)14-17-9-10-20(21(15-17)31-3)33-12-11-32-18-8-5-7-16(2)13-18/h5,7-10,13-15,26H,4,6,11-12H2,1-3H3. The number of hydrogen-bond donors (Lipinski definition) is 1. The number of carbonyl (C=O) groups is 1. The van der Waals surface area contributed by atoms with Crippen molar-refractivity contribution in [1.82, 2.24) is 5.01 Å². The Labute approximate surface area is 202 Å². The Morgan fingerprint density at radius 1 is 1.12 bits per heavy atom. The van der Waals surface area contributed by atoms with Gasteiger partial charge in [0, 0.05) is 0 Å². The van der Waals surface area contributed by atoms with Crippen molar-refractivity contribution in [2.75, 3.05) is 20.3 Å². The summed E-state index contributed by atoms with van der Waals surface area (Å²) >= 11 is 1.34. The third-order valence-electron chi connectivity index (χ3n) is 5.06. The zero-order chi connectivity index (χ0) is 24.1. The first-order valence-electron chi connectivity index (χ1n) is 11.0. The van der Waals surface area contributed by atoms with Crippen molar-refractivity contribution in [2.24, 2.45) is 10.1 Å². The van der Waals surface area contributed by atoms with Crippen LogP contribution in [0, 0.1) is 12.3 Å². The molecule has 0 aliphatic carbocycles. The molecule has 1 amide bonds. The summed E-state index contributed by atoms with van der Waals surface area (Å²) in [7, 11) is 1.55. The van der Waals surface area contributed by atoms with Gasteiger partial charge in [0.1, 0.15) is 24.0 Å². The lowest BCUT2D eigenvalue weighted by Crippen LogP contribution is -2.35. The first-order chi connectivity index (χ1) is 16.5. The molecule has 8 nitrogen and oxygen atoms in total. The average molecular weight is 479 g/mol. The molecule has 4 rings (SSSR count). The van der Waals surface area contributed by atoms with Crippen LogP contribution in [0.1, 0.15) is 30.9 Å². The van der Waals surface area contributed by atoms with Crippen LogP contribution in [-0.4, -0.2) is 47.3 Å². The second-order valence-corrected chi connectivity index (χ2v) is 8.73. The van der Waals surface area contributed by atoms with Crippen LogP contribution in [0.2, 0.25) is 0 Å². The SMILES string of the molecule is CCCC1=NN2C(=N)C(=Cc3ccc(OCCOc4cccc(C)c4)c(OC)c3)C(=O)N=C2S1. The van der Waals surface area contributed by atoms with Gasteiger partial charge in [-0.25, -0.2) is 0 Å². The minimum Gasteiger partial charge on any atom is -0.493 e. The van der Waals surface area contributed by atoms with Gasteiger partial charge in [0.05, 0.1) is 12.7 Å². The molecule has 9 heteroatoms. The van der Waals surface area contributed by atoms with Crippen molar-refractivity contribution in [2.45, 2.75) is 26.7 Å². The molecule has 0 aromatic heterocycles. The maximum Gasteiger partial charge on any atom is 0.283 e. The molecule has 176 valence electrons. The normalized spacial score (nSPS) is 16.3. The molecule has 0 saturated heterocycles. The molecule has 2 aliphatic heterocycles. The molecule has 0 saturated carbocycles. The molecule has 2 aliphatic rings. The molecule has 0 unspecified atom stereocenters. The molecule has 2 aromatic rings. The third-order valence-corrected chi connectivity index (χ3v) is 6.03. The number of nitrogens with zero attached hydrogens (tertiary/aromatic N) is 3. The Kier molecular flexibility index (Phi) is 7.32. The molecule has 2 aromatic carbocycles. The molecule has 0 atom stereocenters. The highest BCUT2D eigenvalue weighted by Crippen LogP contribution is 2.32. The first kappa shape index (κ1) is 23.6. The van der Waals surface area contributed by atoms with Gasteiger partial charge in [-0.3, -0.25) is 10.2 Å². The monoisotopic (exact) mass is 478 g/mol. The Hall–Kier alpha value is -3.59. The van der Waals surface area contributed by atoms with Crippen molar-refractivity contribution in [3.8, 4) is 17.2 Å². The molecule has 0 bridgehead atoms. The van der Waals surface area contributed by atoms with Crippen LogP contribution in [0.3, 0.4) is 0 Å². The molecule has 2 heterocycles. The van der Waals surface area contributed by atoms with E-state index in [1.165, 1.54) is 16.8 Å². The lowest BCUT2D eigenvalue weighted by molar-refractivity contribution is -0.114. The van der Waals surface area contributed by atoms with Crippen LogP contribution >= 0.6 is 11.8 Å². The zero-order valence-corrected chi connectivity index (χ0v) is 20.1. The van der Waals surface area contributed by atoms with E-state index in [1.807, 2.05) is 31.2 Å². The number of methoxy groups -OCH3 is 1. The fraction of sp³-hybridized carbons (Fsp3) is 0.280. The average Bonchev–Trinajstić information content (AvgIpc) is 3.22. The van der Waals surface area contributed by atoms with Gasteiger partial charge in [-0.15, -0.1) is 0 Å². The van der Waals surface area contributed by atoms with Crippen molar-refractivity contribution >= 4 is 39.8 Å². The maximum absolute atomic E-state index is 12.6. The number of rotatable bonds is 9. The smallest absolute Gasteiger partial charge is 0.283 e. The molecule has 34 heavy (non-hydrogen) atoms. The van der Waals surface area contributed by atoms with Gasteiger partial charge in [-0.05, 0) is 73.0 Å². The van der Waals surface area contributed by atoms with E-state index in [-0.39, 0.29) is 11.4 Å². The molecule has 1 N–H and O–H groups in total. The van der Waals surface area contributed by atoms with E-state index in [1.54, 1.807) is 31.4 Å². The lowest BCUT2D eigenvalue weighted by atomic mass is 10.1. The largest absolute Gasteiger partial charge is 0.493 e. The quantitative estimate of drug-likeness (QED) is 0.408. The summed E-state index contributed by atoms with van der Waals surface area (Å²) in [5.41, 5.74) is 2.00. The van der Waals surface area contributed by atoms with Crippen LogP contribution in [0.5, 0.6) is 17.2 Å². The number of fused-ring (bicyclic) bond motifs is 1. The van der Waals surface area contributed by atoms with Gasteiger partial charge in [-0.1, -0.05) is 25.1 Å². The second kappa shape index (κ2) is 10.6. The molecule has 0 spiro atoms. The highest BCUT2D eigenvalue weighted by atomic mass is 32.2.